The van der Waals surface area contributed by atoms with Gasteiger partial charge in [-0.2, -0.15) is 0 Å². The van der Waals surface area contributed by atoms with Crippen LogP contribution in [0.3, 0.4) is 0 Å². The first-order chi connectivity index (χ1) is 8.52. The van der Waals surface area contributed by atoms with Crippen LogP contribution >= 0.6 is 0 Å². The van der Waals surface area contributed by atoms with E-state index in [1.165, 1.54) is 0 Å². The van der Waals surface area contributed by atoms with Crippen molar-refractivity contribution in [2.45, 2.75) is 32.1 Å². The van der Waals surface area contributed by atoms with Crippen LogP contribution in [0.4, 0.5) is 0 Å². The summed E-state index contributed by atoms with van der Waals surface area (Å²) in [4.78, 5) is 0. The fraction of sp³-hybridized carbons (Fsp3) is 0.429. The highest BCUT2D eigenvalue weighted by atomic mass is 16.4. The van der Waals surface area contributed by atoms with Crippen molar-refractivity contribution >= 4 is 0 Å². The number of benzene rings is 1. The summed E-state index contributed by atoms with van der Waals surface area (Å²) < 4.78 is 5.75. The Balaban J connectivity index is 2.32. The number of hydrogen-bond donors (Lipinski definition) is 1. The van der Waals surface area contributed by atoms with Gasteiger partial charge in [0.15, 0.2) is 0 Å². The Morgan fingerprint density at radius 3 is 2.33 bits per heavy atom. The summed E-state index contributed by atoms with van der Waals surface area (Å²) >= 11 is 0. The molecule has 0 saturated heterocycles. The van der Waals surface area contributed by atoms with Crippen LogP contribution in [0.15, 0.2) is 34.7 Å². The highest BCUT2D eigenvalue weighted by Crippen LogP contribution is 2.26. The molecule has 0 amide bonds. The first kappa shape index (κ1) is 12.8. The van der Waals surface area contributed by atoms with Crippen molar-refractivity contribution in [1.29, 1.82) is 0 Å². The summed E-state index contributed by atoms with van der Waals surface area (Å²) in [6.45, 7) is 6.59. The van der Waals surface area contributed by atoms with Gasteiger partial charge in [-0.1, -0.05) is 51.1 Å². The molecule has 2 N–H and O–H groups in total. The second-order valence-electron chi connectivity index (χ2n) is 5.39. The molecule has 1 atom stereocenters. The number of nitrogens with two attached hydrogens (primary N) is 1. The van der Waals surface area contributed by atoms with Crippen molar-refractivity contribution in [1.82, 2.24) is 10.2 Å². The molecule has 0 spiro atoms. The molecule has 18 heavy (non-hydrogen) atoms. The Labute approximate surface area is 107 Å². The summed E-state index contributed by atoms with van der Waals surface area (Å²) in [5.74, 6) is 1.20. The number of nitrogens with zero attached hydrogens (tertiary/aromatic N) is 2. The summed E-state index contributed by atoms with van der Waals surface area (Å²) in [5.41, 5.74) is 6.79. The highest BCUT2D eigenvalue weighted by Gasteiger charge is 2.25. The zero-order valence-corrected chi connectivity index (χ0v) is 11.1. The van der Waals surface area contributed by atoms with E-state index in [4.69, 9.17) is 10.2 Å². The molecule has 1 heterocycles. The first-order valence-electron chi connectivity index (χ1n) is 6.11. The lowest BCUT2D eigenvalue weighted by Gasteiger charge is -2.13. The van der Waals surface area contributed by atoms with Crippen molar-refractivity contribution in [3.8, 4) is 0 Å². The average molecular weight is 245 g/mol. The van der Waals surface area contributed by atoms with Gasteiger partial charge >= 0.3 is 0 Å². The van der Waals surface area contributed by atoms with Gasteiger partial charge in [-0.05, 0) is 5.56 Å². The van der Waals surface area contributed by atoms with E-state index in [9.17, 15) is 0 Å². The third-order valence-corrected chi connectivity index (χ3v) is 2.82. The predicted molar refractivity (Wildman–Crippen MR) is 70.3 cm³/mol. The first-order valence-corrected chi connectivity index (χ1v) is 6.11. The lowest BCUT2D eigenvalue weighted by Crippen LogP contribution is -2.14. The van der Waals surface area contributed by atoms with Crippen molar-refractivity contribution in [3.05, 3.63) is 47.7 Å². The topological polar surface area (TPSA) is 64.9 Å². The van der Waals surface area contributed by atoms with Crippen LogP contribution in [0, 0.1) is 0 Å². The molecule has 0 bridgehead atoms. The molecule has 2 rings (SSSR count). The van der Waals surface area contributed by atoms with Crippen LogP contribution in [0.1, 0.15) is 44.0 Å². The third kappa shape index (κ3) is 2.59. The van der Waals surface area contributed by atoms with Crippen LogP contribution in [0.25, 0.3) is 0 Å². The van der Waals surface area contributed by atoms with E-state index in [0.717, 1.165) is 5.56 Å². The summed E-state index contributed by atoms with van der Waals surface area (Å²) in [6.07, 6.45) is 0. The van der Waals surface area contributed by atoms with Crippen molar-refractivity contribution in [3.63, 3.8) is 0 Å². The minimum atomic E-state index is -0.138. The SMILES string of the molecule is CC(C)(C)c1nnc(C(CN)c2ccccc2)o1. The maximum Gasteiger partial charge on any atom is 0.225 e. The molecular weight excluding hydrogens is 226 g/mol. The van der Waals surface area contributed by atoms with Gasteiger partial charge in [0, 0.05) is 12.0 Å². The second-order valence-corrected chi connectivity index (χ2v) is 5.39. The quantitative estimate of drug-likeness (QED) is 0.902. The summed E-state index contributed by atoms with van der Waals surface area (Å²) in [5, 5.41) is 8.24. The Morgan fingerprint density at radius 2 is 1.83 bits per heavy atom. The largest absolute Gasteiger partial charge is 0.424 e. The van der Waals surface area contributed by atoms with Crippen LogP contribution in [0.5, 0.6) is 0 Å². The van der Waals surface area contributed by atoms with Gasteiger partial charge in [0.1, 0.15) is 0 Å². The minimum Gasteiger partial charge on any atom is -0.424 e. The van der Waals surface area contributed by atoms with Crippen molar-refractivity contribution < 1.29 is 4.42 Å². The molecular formula is C14H19N3O. The minimum absolute atomic E-state index is 0.0326. The standard InChI is InChI=1S/C14H19N3O/c1-14(2,3)13-17-16-12(18-13)11(9-15)10-7-5-4-6-8-10/h4-8,11H,9,15H2,1-3H3. The van der Waals surface area contributed by atoms with E-state index in [1.54, 1.807) is 0 Å². The molecule has 1 unspecified atom stereocenters. The normalized spacial score (nSPS) is 13.6. The maximum absolute atomic E-state index is 5.83. The van der Waals surface area contributed by atoms with Crippen LogP contribution in [-0.2, 0) is 5.41 Å². The van der Waals surface area contributed by atoms with Crippen molar-refractivity contribution in [2.75, 3.05) is 6.54 Å². The fourth-order valence-corrected chi connectivity index (χ4v) is 1.74. The molecule has 0 radical (unpaired) electrons. The molecule has 0 fully saturated rings. The Morgan fingerprint density at radius 1 is 1.17 bits per heavy atom. The van der Waals surface area contributed by atoms with Gasteiger partial charge in [0.05, 0.1) is 5.92 Å². The zero-order chi connectivity index (χ0) is 13.2. The van der Waals surface area contributed by atoms with Gasteiger partial charge in [0.2, 0.25) is 11.8 Å². The lowest BCUT2D eigenvalue weighted by molar-refractivity contribution is 0.364. The molecule has 1 aromatic carbocycles. The number of aromatic nitrogens is 2. The fourth-order valence-electron chi connectivity index (χ4n) is 1.74. The van der Waals surface area contributed by atoms with E-state index in [2.05, 4.69) is 10.2 Å². The van der Waals surface area contributed by atoms with Gasteiger partial charge in [-0.25, -0.2) is 0 Å². The van der Waals surface area contributed by atoms with E-state index in [0.29, 0.717) is 18.3 Å². The second kappa shape index (κ2) is 4.90. The zero-order valence-electron chi connectivity index (χ0n) is 11.1. The van der Waals surface area contributed by atoms with Gasteiger partial charge in [-0.3, -0.25) is 0 Å². The van der Waals surface area contributed by atoms with Gasteiger partial charge < -0.3 is 10.2 Å². The van der Waals surface area contributed by atoms with E-state index < -0.39 is 0 Å². The molecule has 0 aliphatic rings. The molecule has 0 saturated carbocycles. The molecule has 96 valence electrons. The van der Waals surface area contributed by atoms with Crippen LogP contribution in [-0.4, -0.2) is 16.7 Å². The molecule has 4 heteroatoms. The molecule has 4 nitrogen and oxygen atoms in total. The smallest absolute Gasteiger partial charge is 0.225 e. The lowest BCUT2D eigenvalue weighted by atomic mass is 9.97. The molecule has 0 aliphatic heterocycles. The van der Waals surface area contributed by atoms with E-state index in [-0.39, 0.29) is 11.3 Å². The van der Waals surface area contributed by atoms with Crippen LogP contribution < -0.4 is 5.73 Å². The van der Waals surface area contributed by atoms with Gasteiger partial charge in [0.25, 0.3) is 0 Å². The Hall–Kier alpha value is -1.68. The number of hydrogen-bond acceptors (Lipinski definition) is 4. The molecule has 1 aromatic heterocycles. The predicted octanol–water partition coefficient (Wildman–Crippen LogP) is 2.46. The van der Waals surface area contributed by atoms with E-state index >= 15 is 0 Å². The highest BCUT2D eigenvalue weighted by molar-refractivity contribution is 5.24. The molecule has 2 aromatic rings. The maximum atomic E-state index is 5.83. The molecule has 0 aliphatic carbocycles. The number of rotatable bonds is 3. The van der Waals surface area contributed by atoms with Gasteiger partial charge in [-0.15, -0.1) is 10.2 Å². The Kier molecular flexibility index (Phi) is 3.48. The average Bonchev–Trinajstić information content (AvgIpc) is 2.81. The van der Waals surface area contributed by atoms with Crippen LogP contribution in [0.2, 0.25) is 0 Å². The summed E-state index contributed by atoms with van der Waals surface area (Å²) in [6, 6.07) is 10.0. The summed E-state index contributed by atoms with van der Waals surface area (Å²) in [7, 11) is 0. The third-order valence-electron chi connectivity index (χ3n) is 2.82. The monoisotopic (exact) mass is 245 g/mol. The van der Waals surface area contributed by atoms with E-state index in [1.807, 2.05) is 51.1 Å². The van der Waals surface area contributed by atoms with Crippen molar-refractivity contribution in [2.24, 2.45) is 5.73 Å². The Bertz CT molecular complexity index is 499.